The molecular weight excluding hydrogens is 178 g/mol. The van der Waals surface area contributed by atoms with E-state index >= 15 is 0 Å². The lowest BCUT2D eigenvalue weighted by Gasteiger charge is -2.28. The van der Waals surface area contributed by atoms with Gasteiger partial charge in [0.1, 0.15) is 5.54 Å². The van der Waals surface area contributed by atoms with Gasteiger partial charge in [-0.2, -0.15) is 0 Å². The summed E-state index contributed by atoms with van der Waals surface area (Å²) < 4.78 is 4.87. The minimum atomic E-state index is -0.419. The van der Waals surface area contributed by atoms with Gasteiger partial charge in [-0.15, -0.1) is 0 Å². The second-order valence-electron chi connectivity index (χ2n) is 4.79. The summed E-state index contributed by atoms with van der Waals surface area (Å²) >= 11 is 0. The van der Waals surface area contributed by atoms with E-state index in [-0.39, 0.29) is 5.97 Å². The van der Waals surface area contributed by atoms with Gasteiger partial charge in [0.05, 0.1) is 7.11 Å². The van der Waals surface area contributed by atoms with Gasteiger partial charge in [0.15, 0.2) is 0 Å². The third-order valence-electron chi connectivity index (χ3n) is 3.46. The molecule has 2 saturated carbocycles. The zero-order valence-corrected chi connectivity index (χ0v) is 9.01. The number of hydrogen-bond acceptors (Lipinski definition) is 3. The van der Waals surface area contributed by atoms with Crippen LogP contribution in [0.4, 0.5) is 0 Å². The number of nitrogens with one attached hydrogen (secondary N) is 1. The van der Waals surface area contributed by atoms with Crippen molar-refractivity contribution in [1.29, 1.82) is 0 Å². The molecule has 0 radical (unpaired) electrons. The fourth-order valence-corrected chi connectivity index (χ4v) is 1.93. The molecule has 1 atom stereocenters. The third kappa shape index (κ3) is 1.92. The number of ether oxygens (including phenoxy) is 1. The molecule has 0 spiro atoms. The minimum absolute atomic E-state index is 0.0966. The highest BCUT2D eigenvalue weighted by Gasteiger charge is 2.48. The van der Waals surface area contributed by atoms with Gasteiger partial charge in [0.25, 0.3) is 0 Å². The molecule has 14 heavy (non-hydrogen) atoms. The first-order valence-corrected chi connectivity index (χ1v) is 5.50. The first kappa shape index (κ1) is 9.97. The van der Waals surface area contributed by atoms with E-state index in [4.69, 9.17) is 4.74 Å². The predicted octanol–water partition coefficient (Wildman–Crippen LogP) is 1.33. The number of hydrogen-bond donors (Lipinski definition) is 1. The molecule has 0 aromatic heterocycles. The van der Waals surface area contributed by atoms with Crippen LogP contribution in [0, 0.1) is 11.8 Å². The summed E-state index contributed by atoms with van der Waals surface area (Å²) in [5.74, 6) is 1.20. The summed E-state index contributed by atoms with van der Waals surface area (Å²) in [5.41, 5.74) is -0.419. The Morgan fingerprint density at radius 2 is 2.07 bits per heavy atom. The molecular formula is C11H19NO2. The quantitative estimate of drug-likeness (QED) is 0.676. The standard InChI is InChI=1S/C11H19NO2/c1-11(9-5-6-9,10(13)14-2)12-7-8-3-4-8/h8-9,12H,3-7H2,1-2H3. The normalized spacial score (nSPS) is 25.6. The molecule has 0 aromatic rings. The van der Waals surface area contributed by atoms with Crippen LogP contribution >= 0.6 is 0 Å². The monoisotopic (exact) mass is 197 g/mol. The topological polar surface area (TPSA) is 38.3 Å². The Hall–Kier alpha value is -0.570. The lowest BCUT2D eigenvalue weighted by Crippen LogP contribution is -2.52. The van der Waals surface area contributed by atoms with Gasteiger partial charge in [-0.3, -0.25) is 4.79 Å². The molecule has 0 heterocycles. The van der Waals surface area contributed by atoms with Gasteiger partial charge in [-0.25, -0.2) is 0 Å². The molecule has 0 saturated heterocycles. The van der Waals surface area contributed by atoms with Crippen LogP contribution in [0.3, 0.4) is 0 Å². The van der Waals surface area contributed by atoms with Gasteiger partial charge in [0, 0.05) is 0 Å². The third-order valence-corrected chi connectivity index (χ3v) is 3.46. The van der Waals surface area contributed by atoms with Gasteiger partial charge in [0.2, 0.25) is 0 Å². The number of methoxy groups -OCH3 is 1. The van der Waals surface area contributed by atoms with Crippen LogP contribution in [0.5, 0.6) is 0 Å². The highest BCUT2D eigenvalue weighted by molar-refractivity contribution is 5.81. The summed E-state index contributed by atoms with van der Waals surface area (Å²) in [6.07, 6.45) is 4.94. The Morgan fingerprint density at radius 3 is 2.50 bits per heavy atom. The summed E-state index contributed by atoms with van der Waals surface area (Å²) in [6, 6.07) is 0. The van der Waals surface area contributed by atoms with E-state index < -0.39 is 5.54 Å². The van der Waals surface area contributed by atoms with E-state index in [9.17, 15) is 4.79 Å². The van der Waals surface area contributed by atoms with Crippen LogP contribution in [0.1, 0.15) is 32.6 Å². The SMILES string of the molecule is COC(=O)C(C)(NCC1CC1)C1CC1. The molecule has 2 aliphatic rings. The number of carbonyl (C=O) groups is 1. The van der Waals surface area contributed by atoms with Crippen molar-refractivity contribution in [3.63, 3.8) is 0 Å². The highest BCUT2D eigenvalue weighted by Crippen LogP contribution is 2.41. The smallest absolute Gasteiger partial charge is 0.326 e. The molecule has 1 unspecified atom stereocenters. The van der Waals surface area contributed by atoms with E-state index in [0.29, 0.717) is 5.92 Å². The summed E-state index contributed by atoms with van der Waals surface area (Å²) in [4.78, 5) is 11.7. The zero-order valence-electron chi connectivity index (χ0n) is 9.01. The summed E-state index contributed by atoms with van der Waals surface area (Å²) in [7, 11) is 1.47. The van der Waals surface area contributed by atoms with Crippen LogP contribution in [0.2, 0.25) is 0 Å². The van der Waals surface area contributed by atoms with Crippen molar-refractivity contribution >= 4 is 5.97 Å². The van der Waals surface area contributed by atoms with Crippen LogP contribution in [0.15, 0.2) is 0 Å². The fourth-order valence-electron chi connectivity index (χ4n) is 1.93. The number of carbonyl (C=O) groups excluding carboxylic acids is 1. The van der Waals surface area contributed by atoms with Crippen molar-refractivity contribution in [1.82, 2.24) is 5.32 Å². The molecule has 3 heteroatoms. The number of esters is 1. The predicted molar refractivity (Wildman–Crippen MR) is 53.9 cm³/mol. The van der Waals surface area contributed by atoms with Crippen LogP contribution < -0.4 is 5.32 Å². The van der Waals surface area contributed by atoms with Gasteiger partial charge < -0.3 is 10.1 Å². The molecule has 0 aromatic carbocycles. The van der Waals surface area contributed by atoms with Gasteiger partial charge in [-0.1, -0.05) is 0 Å². The lowest BCUT2D eigenvalue weighted by atomic mass is 9.95. The Balaban J connectivity index is 1.92. The maximum absolute atomic E-state index is 11.7. The number of rotatable bonds is 5. The molecule has 2 rings (SSSR count). The van der Waals surface area contributed by atoms with Crippen molar-refractivity contribution in [2.75, 3.05) is 13.7 Å². The second-order valence-corrected chi connectivity index (χ2v) is 4.79. The van der Waals surface area contributed by atoms with Crippen molar-refractivity contribution in [2.24, 2.45) is 11.8 Å². The molecule has 3 nitrogen and oxygen atoms in total. The van der Waals surface area contributed by atoms with Crippen LogP contribution in [-0.4, -0.2) is 25.2 Å². The Bertz CT molecular complexity index is 233. The Kier molecular flexibility index (Phi) is 2.52. The molecule has 0 bridgehead atoms. The van der Waals surface area contributed by atoms with Crippen molar-refractivity contribution in [2.45, 2.75) is 38.1 Å². The minimum Gasteiger partial charge on any atom is -0.468 e. The van der Waals surface area contributed by atoms with Crippen molar-refractivity contribution in [3.8, 4) is 0 Å². The van der Waals surface area contributed by atoms with Crippen LogP contribution in [-0.2, 0) is 9.53 Å². The molecule has 1 N–H and O–H groups in total. The average Bonchev–Trinajstić information content (AvgIpc) is 3.05. The van der Waals surface area contributed by atoms with Crippen molar-refractivity contribution < 1.29 is 9.53 Å². The zero-order chi connectivity index (χ0) is 10.2. The fraction of sp³-hybridized carbons (Fsp3) is 0.909. The summed E-state index contributed by atoms with van der Waals surface area (Å²) in [6.45, 7) is 2.96. The lowest BCUT2D eigenvalue weighted by molar-refractivity contribution is -0.148. The van der Waals surface area contributed by atoms with E-state index in [1.165, 1.54) is 20.0 Å². The van der Waals surface area contributed by atoms with E-state index in [1.54, 1.807) is 0 Å². The molecule has 0 aliphatic heterocycles. The second kappa shape index (κ2) is 3.54. The molecule has 2 fully saturated rings. The first-order chi connectivity index (χ1) is 6.66. The Labute approximate surface area is 85.2 Å². The van der Waals surface area contributed by atoms with E-state index in [2.05, 4.69) is 5.32 Å². The maximum atomic E-state index is 11.7. The Morgan fingerprint density at radius 1 is 1.43 bits per heavy atom. The average molecular weight is 197 g/mol. The molecule has 80 valence electrons. The van der Waals surface area contributed by atoms with Gasteiger partial charge in [-0.05, 0) is 51.0 Å². The summed E-state index contributed by atoms with van der Waals surface area (Å²) in [5, 5.41) is 3.40. The molecule has 2 aliphatic carbocycles. The maximum Gasteiger partial charge on any atom is 0.326 e. The van der Waals surface area contributed by atoms with E-state index in [0.717, 1.165) is 25.3 Å². The molecule has 0 amide bonds. The largest absolute Gasteiger partial charge is 0.468 e. The highest BCUT2D eigenvalue weighted by atomic mass is 16.5. The van der Waals surface area contributed by atoms with Gasteiger partial charge >= 0.3 is 5.97 Å². The van der Waals surface area contributed by atoms with Crippen molar-refractivity contribution in [3.05, 3.63) is 0 Å². The first-order valence-electron chi connectivity index (χ1n) is 5.50. The van der Waals surface area contributed by atoms with E-state index in [1.807, 2.05) is 6.92 Å². The van der Waals surface area contributed by atoms with Crippen LogP contribution in [0.25, 0.3) is 0 Å².